The minimum absolute atomic E-state index is 0.760. The van der Waals surface area contributed by atoms with E-state index < -0.39 is 0 Å². The Hall–Kier alpha value is -2.15. The van der Waals surface area contributed by atoms with Crippen LogP contribution in [0.4, 0.5) is 0 Å². The SMILES string of the molecule is C=C(CC1=NCC=C(C)C(CCC)=C1/C(C)=C\C)c1ccc(C)cc1.CC.CC. The average Bonchev–Trinajstić information content (AvgIpc) is 2.90. The van der Waals surface area contributed by atoms with Crippen molar-refractivity contribution in [1.82, 2.24) is 0 Å². The molecule has 1 heteroatoms. The molecule has 1 aromatic carbocycles. The highest BCUT2D eigenvalue weighted by Gasteiger charge is 2.19. The van der Waals surface area contributed by atoms with Gasteiger partial charge >= 0.3 is 0 Å². The number of allylic oxidation sites excluding steroid dienone is 6. The Kier molecular flexibility index (Phi) is 13.7. The fourth-order valence-corrected chi connectivity index (χ4v) is 3.29. The molecule has 1 aliphatic rings. The highest BCUT2D eigenvalue weighted by Crippen LogP contribution is 2.31. The molecule has 0 atom stereocenters. The van der Waals surface area contributed by atoms with Crippen molar-refractivity contribution >= 4 is 11.3 Å². The van der Waals surface area contributed by atoms with Crippen molar-refractivity contribution in [3.8, 4) is 0 Å². The molecule has 0 fully saturated rings. The van der Waals surface area contributed by atoms with Crippen molar-refractivity contribution in [3.05, 3.63) is 76.4 Å². The second-order valence-electron chi connectivity index (χ2n) is 6.90. The third-order valence-electron chi connectivity index (χ3n) is 4.91. The van der Waals surface area contributed by atoms with Gasteiger partial charge in [0.05, 0.1) is 6.54 Å². The summed E-state index contributed by atoms with van der Waals surface area (Å²) in [5, 5.41) is 0. The van der Waals surface area contributed by atoms with E-state index in [0.29, 0.717) is 0 Å². The number of aliphatic imine (C=N–C) groups is 1. The van der Waals surface area contributed by atoms with Crippen molar-refractivity contribution in [3.63, 3.8) is 0 Å². The quantitative estimate of drug-likeness (QED) is 0.457. The number of benzene rings is 1. The van der Waals surface area contributed by atoms with Gasteiger partial charge in [-0.15, -0.1) is 0 Å². The summed E-state index contributed by atoms with van der Waals surface area (Å²) in [4.78, 5) is 4.92. The molecular weight excluding hydrogens is 350 g/mol. The lowest BCUT2D eigenvalue weighted by Crippen LogP contribution is -2.09. The van der Waals surface area contributed by atoms with Gasteiger partial charge in [-0.3, -0.25) is 4.99 Å². The molecule has 0 saturated carbocycles. The maximum absolute atomic E-state index is 4.92. The Morgan fingerprint density at radius 2 is 1.66 bits per heavy atom. The fourth-order valence-electron chi connectivity index (χ4n) is 3.29. The maximum atomic E-state index is 4.92. The molecule has 2 rings (SSSR count). The average molecular weight is 394 g/mol. The summed E-state index contributed by atoms with van der Waals surface area (Å²) in [6, 6.07) is 8.63. The molecule has 0 aliphatic carbocycles. The molecule has 0 spiro atoms. The lowest BCUT2D eigenvalue weighted by Gasteiger charge is -2.18. The van der Waals surface area contributed by atoms with Gasteiger partial charge in [0.2, 0.25) is 0 Å². The molecule has 0 bridgehead atoms. The van der Waals surface area contributed by atoms with Crippen molar-refractivity contribution < 1.29 is 0 Å². The molecule has 0 aromatic heterocycles. The molecule has 0 amide bonds. The van der Waals surface area contributed by atoms with Crippen molar-refractivity contribution in [2.24, 2.45) is 4.99 Å². The zero-order valence-electron chi connectivity index (χ0n) is 20.4. The van der Waals surface area contributed by atoms with E-state index in [1.54, 1.807) is 0 Å². The first-order valence-corrected chi connectivity index (χ1v) is 11.3. The lowest BCUT2D eigenvalue weighted by molar-refractivity contribution is 0.904. The number of hydrogen-bond acceptors (Lipinski definition) is 1. The minimum Gasteiger partial charge on any atom is -0.285 e. The van der Waals surface area contributed by atoms with Gasteiger partial charge in [-0.25, -0.2) is 0 Å². The number of hydrogen-bond donors (Lipinski definition) is 0. The summed E-state index contributed by atoms with van der Waals surface area (Å²) in [7, 11) is 0. The van der Waals surface area contributed by atoms with Gasteiger partial charge < -0.3 is 0 Å². The molecule has 1 nitrogen and oxygen atoms in total. The van der Waals surface area contributed by atoms with Crippen LogP contribution in [-0.2, 0) is 0 Å². The summed E-state index contributed by atoms with van der Waals surface area (Å²) >= 11 is 0. The summed E-state index contributed by atoms with van der Waals surface area (Å²) in [6.07, 6.45) is 7.51. The van der Waals surface area contributed by atoms with Gasteiger partial charge in [0.25, 0.3) is 0 Å². The topological polar surface area (TPSA) is 12.4 Å². The first-order valence-electron chi connectivity index (χ1n) is 11.3. The molecule has 1 heterocycles. The van der Waals surface area contributed by atoms with Crippen LogP contribution in [0.5, 0.6) is 0 Å². The van der Waals surface area contributed by atoms with E-state index in [0.717, 1.165) is 31.4 Å². The van der Waals surface area contributed by atoms with Crippen molar-refractivity contribution in [2.75, 3.05) is 6.54 Å². The molecule has 0 unspecified atom stereocenters. The van der Waals surface area contributed by atoms with Crippen LogP contribution in [0.25, 0.3) is 5.57 Å². The molecule has 29 heavy (non-hydrogen) atoms. The van der Waals surface area contributed by atoms with E-state index in [2.05, 4.69) is 77.6 Å². The first kappa shape index (κ1) is 26.9. The highest BCUT2D eigenvalue weighted by molar-refractivity contribution is 6.09. The van der Waals surface area contributed by atoms with Gasteiger partial charge in [-0.2, -0.15) is 0 Å². The zero-order chi connectivity index (χ0) is 22.4. The standard InChI is InChI=1S/C24H31N.2C2H6/c1-7-9-22-19(5)14-15-25-23(24(22)18(4)8-2)16-20(6)21-12-10-17(3)11-13-21;2*1-2/h8,10-14H,6-7,9,15-16H2,1-5H3;2*1-2H3/b18-8-;;. The van der Waals surface area contributed by atoms with Crippen LogP contribution in [0.3, 0.4) is 0 Å². The summed E-state index contributed by atoms with van der Waals surface area (Å²) in [6.45, 7) is 24.0. The monoisotopic (exact) mass is 393 g/mol. The smallest absolute Gasteiger partial charge is 0.0579 e. The van der Waals surface area contributed by atoms with E-state index in [1.807, 2.05) is 27.7 Å². The van der Waals surface area contributed by atoms with Gasteiger partial charge in [0.15, 0.2) is 0 Å². The molecular formula is C28H43N. The fraction of sp³-hybridized carbons (Fsp3) is 0.464. The van der Waals surface area contributed by atoms with Crippen molar-refractivity contribution in [2.45, 2.75) is 81.6 Å². The predicted molar refractivity (Wildman–Crippen MR) is 135 cm³/mol. The Bertz CT molecular complexity index is 752. The summed E-state index contributed by atoms with van der Waals surface area (Å²) in [5.74, 6) is 0. The molecule has 1 aliphatic heterocycles. The molecule has 0 saturated heterocycles. The van der Waals surface area contributed by atoms with E-state index in [9.17, 15) is 0 Å². The first-order chi connectivity index (χ1) is 14.0. The molecule has 160 valence electrons. The van der Waals surface area contributed by atoms with Crippen LogP contribution in [0, 0.1) is 6.92 Å². The molecule has 0 radical (unpaired) electrons. The van der Waals surface area contributed by atoms with Crippen LogP contribution >= 0.6 is 0 Å². The Morgan fingerprint density at radius 1 is 1.07 bits per heavy atom. The van der Waals surface area contributed by atoms with Gasteiger partial charge in [-0.05, 0) is 62.0 Å². The minimum atomic E-state index is 0.760. The molecule has 0 N–H and O–H groups in total. The van der Waals surface area contributed by atoms with Crippen LogP contribution in [0.2, 0.25) is 0 Å². The summed E-state index contributed by atoms with van der Waals surface area (Å²) < 4.78 is 0. The number of nitrogens with zero attached hydrogens (tertiary/aromatic N) is 1. The van der Waals surface area contributed by atoms with Crippen LogP contribution in [0.15, 0.2) is 70.3 Å². The van der Waals surface area contributed by atoms with E-state index in [4.69, 9.17) is 4.99 Å². The van der Waals surface area contributed by atoms with E-state index in [1.165, 1.54) is 39.1 Å². The Labute approximate surface area is 181 Å². The predicted octanol–water partition coefficient (Wildman–Crippen LogP) is 8.91. The Balaban J connectivity index is 0.00000184. The Morgan fingerprint density at radius 3 is 2.17 bits per heavy atom. The van der Waals surface area contributed by atoms with Crippen LogP contribution < -0.4 is 0 Å². The number of rotatable bonds is 6. The lowest BCUT2D eigenvalue weighted by atomic mass is 9.87. The number of aryl methyl sites for hydroxylation is 1. The van der Waals surface area contributed by atoms with E-state index in [-0.39, 0.29) is 0 Å². The van der Waals surface area contributed by atoms with Gasteiger partial charge in [0.1, 0.15) is 0 Å². The van der Waals surface area contributed by atoms with Gasteiger partial charge in [-0.1, -0.05) is 89.6 Å². The van der Waals surface area contributed by atoms with Crippen LogP contribution in [-0.4, -0.2) is 12.3 Å². The van der Waals surface area contributed by atoms with Crippen LogP contribution in [0.1, 0.15) is 85.8 Å². The largest absolute Gasteiger partial charge is 0.285 e. The molecule has 1 aromatic rings. The van der Waals surface area contributed by atoms with Gasteiger partial charge in [0, 0.05) is 17.7 Å². The summed E-state index contributed by atoms with van der Waals surface area (Å²) in [5.41, 5.74) is 10.3. The van der Waals surface area contributed by atoms with E-state index >= 15 is 0 Å². The maximum Gasteiger partial charge on any atom is 0.0579 e. The highest BCUT2D eigenvalue weighted by atomic mass is 14.7. The third-order valence-corrected chi connectivity index (χ3v) is 4.91. The second-order valence-corrected chi connectivity index (χ2v) is 6.90. The normalized spacial score (nSPS) is 13.9. The second kappa shape index (κ2) is 14.8. The van der Waals surface area contributed by atoms with Crippen molar-refractivity contribution in [1.29, 1.82) is 0 Å². The third kappa shape index (κ3) is 8.01. The zero-order valence-corrected chi connectivity index (χ0v) is 20.4.